The molecule has 2 heterocycles. The van der Waals surface area contributed by atoms with Gasteiger partial charge in [-0.2, -0.15) is 0 Å². The molecule has 3 rings (SSSR count). The fourth-order valence-corrected chi connectivity index (χ4v) is 2.46. The van der Waals surface area contributed by atoms with Crippen molar-refractivity contribution in [1.29, 1.82) is 0 Å². The summed E-state index contributed by atoms with van der Waals surface area (Å²) in [4.78, 5) is 13.5. The van der Waals surface area contributed by atoms with Gasteiger partial charge in [0, 0.05) is 19.3 Å². The molecule has 2 N–H and O–H groups in total. The van der Waals surface area contributed by atoms with Crippen LogP contribution < -0.4 is 5.73 Å². The Kier molecular flexibility index (Phi) is 3.66. The second-order valence-corrected chi connectivity index (χ2v) is 5.16. The number of hydrogen-bond acceptors (Lipinski definition) is 4. The minimum absolute atomic E-state index is 0.524. The summed E-state index contributed by atoms with van der Waals surface area (Å²) in [5.41, 5.74) is 10.6. The van der Waals surface area contributed by atoms with Crippen molar-refractivity contribution < 1.29 is 0 Å². The molecule has 0 radical (unpaired) electrons. The predicted molar refractivity (Wildman–Crippen MR) is 83.7 cm³/mol. The van der Waals surface area contributed by atoms with Crippen LogP contribution in [0.2, 0.25) is 0 Å². The third-order valence-electron chi connectivity index (χ3n) is 3.51. The van der Waals surface area contributed by atoms with E-state index in [1.54, 1.807) is 12.4 Å². The third kappa shape index (κ3) is 2.52. The fourth-order valence-electron chi connectivity index (χ4n) is 2.46. The van der Waals surface area contributed by atoms with Gasteiger partial charge >= 0.3 is 0 Å². The molecule has 0 spiro atoms. The largest absolute Gasteiger partial charge is 0.326 e. The first kappa shape index (κ1) is 13.7. The van der Waals surface area contributed by atoms with Crippen molar-refractivity contribution in [3.8, 4) is 11.5 Å². The number of aryl methyl sites for hydroxylation is 2. The number of imidazole rings is 1. The van der Waals surface area contributed by atoms with Crippen molar-refractivity contribution in [1.82, 2.24) is 19.5 Å². The van der Waals surface area contributed by atoms with Crippen LogP contribution in [-0.4, -0.2) is 19.5 Å². The van der Waals surface area contributed by atoms with E-state index in [0.29, 0.717) is 6.54 Å². The number of rotatable bonds is 4. The molecule has 0 aliphatic carbocycles. The molecule has 0 saturated heterocycles. The van der Waals surface area contributed by atoms with E-state index in [2.05, 4.69) is 33.6 Å². The van der Waals surface area contributed by atoms with Gasteiger partial charge in [-0.3, -0.25) is 4.98 Å². The first-order valence-electron chi connectivity index (χ1n) is 7.21. The molecule has 0 atom stereocenters. The molecule has 1 aromatic carbocycles. The summed E-state index contributed by atoms with van der Waals surface area (Å²) >= 11 is 0. The Labute approximate surface area is 123 Å². The molecule has 0 fully saturated rings. The minimum Gasteiger partial charge on any atom is -0.326 e. The van der Waals surface area contributed by atoms with Gasteiger partial charge in [0.05, 0.1) is 22.9 Å². The summed E-state index contributed by atoms with van der Waals surface area (Å²) in [7, 11) is 0. The second-order valence-electron chi connectivity index (χ2n) is 5.16. The van der Waals surface area contributed by atoms with Crippen molar-refractivity contribution in [3.63, 3.8) is 0 Å². The molecule has 108 valence electrons. The summed E-state index contributed by atoms with van der Waals surface area (Å²) < 4.78 is 2.20. The lowest BCUT2D eigenvalue weighted by atomic mass is 10.2. The lowest BCUT2D eigenvalue weighted by molar-refractivity contribution is 0.702. The van der Waals surface area contributed by atoms with Crippen LogP contribution in [0.5, 0.6) is 0 Å². The van der Waals surface area contributed by atoms with E-state index >= 15 is 0 Å². The van der Waals surface area contributed by atoms with Crippen LogP contribution in [0.3, 0.4) is 0 Å². The lowest BCUT2D eigenvalue weighted by Gasteiger charge is -2.07. The van der Waals surface area contributed by atoms with Gasteiger partial charge in [0.15, 0.2) is 5.82 Å². The Morgan fingerprint density at radius 2 is 2.05 bits per heavy atom. The molecule has 0 aliphatic rings. The van der Waals surface area contributed by atoms with Crippen LogP contribution in [-0.2, 0) is 13.1 Å². The maximum absolute atomic E-state index is 5.72. The molecule has 0 aliphatic heterocycles. The maximum atomic E-state index is 5.72. The van der Waals surface area contributed by atoms with Crippen LogP contribution in [0.1, 0.15) is 24.6 Å². The SMILES string of the molecule is CCCn1c(-c2cnc(C)cn2)nc2cc(CN)ccc21. The number of nitrogens with zero attached hydrogens (tertiary/aromatic N) is 4. The van der Waals surface area contributed by atoms with Crippen LogP contribution in [0, 0.1) is 6.92 Å². The van der Waals surface area contributed by atoms with E-state index < -0.39 is 0 Å². The van der Waals surface area contributed by atoms with Gasteiger partial charge in [-0.15, -0.1) is 0 Å². The van der Waals surface area contributed by atoms with E-state index in [-0.39, 0.29) is 0 Å². The molecule has 5 heteroatoms. The van der Waals surface area contributed by atoms with Crippen molar-refractivity contribution in [2.45, 2.75) is 33.4 Å². The maximum Gasteiger partial charge on any atom is 0.161 e. The molecular weight excluding hydrogens is 262 g/mol. The monoisotopic (exact) mass is 281 g/mol. The normalized spacial score (nSPS) is 11.2. The van der Waals surface area contributed by atoms with Gasteiger partial charge in [-0.1, -0.05) is 13.0 Å². The highest BCUT2D eigenvalue weighted by molar-refractivity contribution is 5.80. The number of fused-ring (bicyclic) bond motifs is 1. The number of hydrogen-bond donors (Lipinski definition) is 1. The summed E-state index contributed by atoms with van der Waals surface area (Å²) in [6.07, 6.45) is 4.60. The Bertz CT molecular complexity index is 758. The molecule has 0 unspecified atom stereocenters. The molecule has 21 heavy (non-hydrogen) atoms. The second kappa shape index (κ2) is 5.61. The average Bonchev–Trinajstić information content (AvgIpc) is 2.86. The predicted octanol–water partition coefficient (Wildman–Crippen LogP) is 2.67. The topological polar surface area (TPSA) is 69.6 Å². The van der Waals surface area contributed by atoms with Crippen molar-refractivity contribution >= 4 is 11.0 Å². The Morgan fingerprint density at radius 3 is 2.71 bits per heavy atom. The van der Waals surface area contributed by atoms with Gasteiger partial charge in [-0.05, 0) is 31.0 Å². The molecule has 0 saturated carbocycles. The third-order valence-corrected chi connectivity index (χ3v) is 3.51. The zero-order chi connectivity index (χ0) is 14.8. The highest BCUT2D eigenvalue weighted by atomic mass is 15.1. The number of aromatic nitrogens is 4. The van der Waals surface area contributed by atoms with Gasteiger partial charge in [0.2, 0.25) is 0 Å². The van der Waals surface area contributed by atoms with Gasteiger partial charge < -0.3 is 10.3 Å². The Hall–Kier alpha value is -2.27. The summed E-state index contributed by atoms with van der Waals surface area (Å²) in [6, 6.07) is 6.19. The van der Waals surface area contributed by atoms with Gasteiger partial charge in [-0.25, -0.2) is 9.97 Å². The molecular formula is C16H19N5. The van der Waals surface area contributed by atoms with Crippen molar-refractivity contribution in [3.05, 3.63) is 41.9 Å². The Morgan fingerprint density at radius 1 is 1.19 bits per heavy atom. The van der Waals surface area contributed by atoms with Crippen LogP contribution in [0.4, 0.5) is 0 Å². The average molecular weight is 281 g/mol. The zero-order valence-electron chi connectivity index (χ0n) is 12.4. The van der Waals surface area contributed by atoms with Gasteiger partial charge in [0.25, 0.3) is 0 Å². The van der Waals surface area contributed by atoms with Gasteiger partial charge in [0.1, 0.15) is 5.69 Å². The van der Waals surface area contributed by atoms with E-state index in [9.17, 15) is 0 Å². The fraction of sp³-hybridized carbons (Fsp3) is 0.312. The van der Waals surface area contributed by atoms with E-state index in [0.717, 1.165) is 46.8 Å². The quantitative estimate of drug-likeness (QED) is 0.798. The first-order chi connectivity index (χ1) is 10.2. The van der Waals surface area contributed by atoms with E-state index in [1.165, 1.54) is 0 Å². The summed E-state index contributed by atoms with van der Waals surface area (Å²) in [5, 5.41) is 0. The van der Waals surface area contributed by atoms with Crippen LogP contribution in [0.25, 0.3) is 22.6 Å². The molecule has 5 nitrogen and oxygen atoms in total. The van der Waals surface area contributed by atoms with E-state index in [1.807, 2.05) is 13.0 Å². The standard InChI is InChI=1S/C16H19N5/c1-3-6-21-15-5-4-12(8-17)7-13(15)20-16(21)14-10-18-11(2)9-19-14/h4-5,7,9-10H,3,6,8,17H2,1-2H3. The Balaban J connectivity index is 2.20. The number of nitrogens with two attached hydrogens (primary N) is 1. The molecule has 2 aromatic heterocycles. The highest BCUT2D eigenvalue weighted by Crippen LogP contribution is 2.24. The molecule has 0 amide bonds. The first-order valence-corrected chi connectivity index (χ1v) is 7.21. The molecule has 3 aromatic rings. The summed E-state index contributed by atoms with van der Waals surface area (Å²) in [5.74, 6) is 0.869. The number of benzene rings is 1. The zero-order valence-corrected chi connectivity index (χ0v) is 12.4. The van der Waals surface area contributed by atoms with Crippen LogP contribution in [0.15, 0.2) is 30.6 Å². The van der Waals surface area contributed by atoms with E-state index in [4.69, 9.17) is 10.7 Å². The lowest BCUT2D eigenvalue weighted by Crippen LogP contribution is -2.01. The minimum atomic E-state index is 0.524. The van der Waals surface area contributed by atoms with Crippen LogP contribution >= 0.6 is 0 Å². The highest BCUT2D eigenvalue weighted by Gasteiger charge is 2.13. The molecule has 0 bridgehead atoms. The smallest absolute Gasteiger partial charge is 0.161 e. The van der Waals surface area contributed by atoms with Crippen molar-refractivity contribution in [2.24, 2.45) is 5.73 Å². The summed E-state index contributed by atoms with van der Waals surface area (Å²) in [6.45, 7) is 5.52. The van der Waals surface area contributed by atoms with Crippen molar-refractivity contribution in [2.75, 3.05) is 0 Å².